The molecule has 2 rings (SSSR count). The average molecular weight is 342 g/mol. The minimum absolute atomic E-state index is 0.0252. The van der Waals surface area contributed by atoms with Gasteiger partial charge in [-0.1, -0.05) is 30.3 Å². The summed E-state index contributed by atoms with van der Waals surface area (Å²) in [6.45, 7) is 1.97. The smallest absolute Gasteiger partial charge is 0.332 e. The summed E-state index contributed by atoms with van der Waals surface area (Å²) < 4.78 is 0. The summed E-state index contributed by atoms with van der Waals surface area (Å²) >= 11 is 0. The summed E-state index contributed by atoms with van der Waals surface area (Å²) in [4.78, 5) is 42.5. The predicted molar refractivity (Wildman–Crippen MR) is 91.4 cm³/mol. The molecule has 0 aliphatic carbocycles. The fourth-order valence-corrected chi connectivity index (χ4v) is 2.43. The second-order valence-corrected chi connectivity index (χ2v) is 5.58. The van der Waals surface area contributed by atoms with Gasteiger partial charge in [-0.15, -0.1) is 0 Å². The second kappa shape index (κ2) is 8.09. The fraction of sp³-hybridized carbons (Fsp3) is 0.294. The van der Waals surface area contributed by atoms with Crippen molar-refractivity contribution in [3.8, 4) is 0 Å². The van der Waals surface area contributed by atoms with Gasteiger partial charge in [0.1, 0.15) is 11.5 Å². The van der Waals surface area contributed by atoms with Crippen LogP contribution in [0.2, 0.25) is 0 Å². The normalized spacial score (nSPS) is 10.3. The summed E-state index contributed by atoms with van der Waals surface area (Å²) in [7, 11) is 1.71. The van der Waals surface area contributed by atoms with Gasteiger partial charge in [-0.3, -0.25) is 19.7 Å². The number of anilines is 1. The van der Waals surface area contributed by atoms with E-state index in [0.717, 1.165) is 5.56 Å². The van der Waals surface area contributed by atoms with Crippen molar-refractivity contribution in [1.82, 2.24) is 9.97 Å². The van der Waals surface area contributed by atoms with E-state index in [4.69, 9.17) is 0 Å². The summed E-state index contributed by atoms with van der Waals surface area (Å²) in [6.07, 6.45) is 0.381. The quantitative estimate of drug-likeness (QED) is 0.313. The molecular weight excluding hydrogens is 324 g/mol. The van der Waals surface area contributed by atoms with Crippen molar-refractivity contribution < 1.29 is 14.5 Å². The third kappa shape index (κ3) is 4.66. The lowest BCUT2D eigenvalue weighted by atomic mass is 10.2. The molecule has 0 saturated heterocycles. The van der Waals surface area contributed by atoms with Crippen LogP contribution in [0.4, 0.5) is 11.5 Å². The molecule has 0 radical (unpaired) electrons. The van der Waals surface area contributed by atoms with Crippen molar-refractivity contribution in [3.63, 3.8) is 0 Å². The molecule has 130 valence electrons. The number of aldehydes is 1. The summed E-state index contributed by atoms with van der Waals surface area (Å²) in [5.41, 5.74) is 1.04. The van der Waals surface area contributed by atoms with Crippen LogP contribution in [0.1, 0.15) is 23.5 Å². The Labute approximate surface area is 144 Å². The maximum Gasteiger partial charge on any atom is 0.332 e. The number of benzene rings is 1. The molecule has 1 aromatic heterocycles. The molecule has 0 bridgehead atoms. The van der Waals surface area contributed by atoms with E-state index in [1.807, 2.05) is 30.3 Å². The molecule has 8 nitrogen and oxygen atoms in total. The lowest BCUT2D eigenvalue weighted by Crippen LogP contribution is -2.21. The molecule has 2 aromatic rings. The number of nitrogens with zero attached hydrogens (tertiary/aromatic N) is 4. The molecule has 0 amide bonds. The number of aryl methyl sites for hydroxylation is 2. The van der Waals surface area contributed by atoms with Crippen molar-refractivity contribution in [1.29, 1.82) is 0 Å². The Bertz CT molecular complexity index is 793. The van der Waals surface area contributed by atoms with Crippen LogP contribution in [0.25, 0.3) is 0 Å². The van der Waals surface area contributed by atoms with Gasteiger partial charge in [-0.25, -0.2) is 9.97 Å². The number of carbonyl (C=O) groups is 2. The molecule has 1 heterocycles. The average Bonchev–Trinajstić information content (AvgIpc) is 2.59. The Morgan fingerprint density at radius 3 is 2.56 bits per heavy atom. The standard InChI is InChI=1S/C17H18N4O4/c1-12-16(21(24)25)17(19-15(18-12)9-8-14(23)11-22)20(2)10-13-6-4-3-5-7-13/h3-7,11H,8-10H2,1-2H3. The van der Waals surface area contributed by atoms with Gasteiger partial charge < -0.3 is 4.90 Å². The number of rotatable bonds is 8. The first-order chi connectivity index (χ1) is 11.9. The van der Waals surface area contributed by atoms with E-state index in [0.29, 0.717) is 12.4 Å². The van der Waals surface area contributed by atoms with Crippen molar-refractivity contribution in [3.05, 3.63) is 57.5 Å². The van der Waals surface area contributed by atoms with E-state index in [1.165, 1.54) is 6.92 Å². The maximum atomic E-state index is 11.4. The van der Waals surface area contributed by atoms with Crippen molar-refractivity contribution >= 4 is 23.6 Å². The molecular formula is C17H18N4O4. The van der Waals surface area contributed by atoms with Crippen LogP contribution < -0.4 is 4.90 Å². The van der Waals surface area contributed by atoms with Crippen molar-refractivity contribution in [2.75, 3.05) is 11.9 Å². The summed E-state index contributed by atoms with van der Waals surface area (Å²) in [5.74, 6) is -0.0677. The highest BCUT2D eigenvalue weighted by Gasteiger charge is 2.25. The van der Waals surface area contributed by atoms with Gasteiger partial charge in [-0.2, -0.15) is 0 Å². The van der Waals surface area contributed by atoms with Crippen LogP contribution in [-0.4, -0.2) is 34.0 Å². The number of hydrogen-bond acceptors (Lipinski definition) is 7. The molecule has 0 fully saturated rings. The van der Waals surface area contributed by atoms with Gasteiger partial charge in [-0.05, 0) is 12.5 Å². The monoisotopic (exact) mass is 342 g/mol. The SMILES string of the molecule is Cc1nc(CCC(=O)C=O)nc(N(C)Cc2ccccc2)c1[N+](=O)[O-]. The minimum Gasteiger partial charge on any atom is -0.350 e. The van der Waals surface area contributed by atoms with E-state index < -0.39 is 10.7 Å². The highest BCUT2D eigenvalue weighted by Crippen LogP contribution is 2.29. The third-order valence-electron chi connectivity index (χ3n) is 3.62. The van der Waals surface area contributed by atoms with Gasteiger partial charge >= 0.3 is 5.69 Å². The molecule has 0 N–H and O–H groups in total. The lowest BCUT2D eigenvalue weighted by Gasteiger charge is -2.19. The largest absolute Gasteiger partial charge is 0.350 e. The molecule has 0 aliphatic rings. The molecule has 0 atom stereocenters. The number of Topliss-reactive ketones (excluding diaryl/α,β-unsaturated/α-hetero) is 1. The Morgan fingerprint density at radius 2 is 1.96 bits per heavy atom. The highest BCUT2D eigenvalue weighted by molar-refractivity contribution is 6.24. The van der Waals surface area contributed by atoms with Crippen LogP contribution in [-0.2, 0) is 22.6 Å². The van der Waals surface area contributed by atoms with E-state index >= 15 is 0 Å². The summed E-state index contributed by atoms with van der Waals surface area (Å²) in [5, 5.41) is 11.4. The zero-order chi connectivity index (χ0) is 18.4. The number of ketones is 1. The zero-order valence-electron chi connectivity index (χ0n) is 14.0. The van der Waals surface area contributed by atoms with Crippen LogP contribution in [0, 0.1) is 17.0 Å². The predicted octanol–water partition coefficient (Wildman–Crippen LogP) is 2.03. The first-order valence-electron chi connectivity index (χ1n) is 7.67. The fourth-order valence-electron chi connectivity index (χ4n) is 2.43. The van der Waals surface area contributed by atoms with Crippen LogP contribution >= 0.6 is 0 Å². The Hall–Kier alpha value is -3.16. The maximum absolute atomic E-state index is 11.4. The van der Waals surface area contributed by atoms with Crippen molar-refractivity contribution in [2.45, 2.75) is 26.3 Å². The van der Waals surface area contributed by atoms with E-state index in [-0.39, 0.29) is 36.3 Å². The topological polar surface area (TPSA) is 106 Å². The van der Waals surface area contributed by atoms with Crippen LogP contribution in [0.15, 0.2) is 30.3 Å². The third-order valence-corrected chi connectivity index (χ3v) is 3.62. The van der Waals surface area contributed by atoms with E-state index in [9.17, 15) is 19.7 Å². The summed E-state index contributed by atoms with van der Waals surface area (Å²) in [6, 6.07) is 9.50. The van der Waals surface area contributed by atoms with Crippen LogP contribution in [0.3, 0.4) is 0 Å². The molecule has 0 aliphatic heterocycles. The Balaban J connectivity index is 2.35. The molecule has 0 unspecified atom stereocenters. The number of aromatic nitrogens is 2. The second-order valence-electron chi connectivity index (χ2n) is 5.58. The Kier molecular flexibility index (Phi) is 5.89. The van der Waals surface area contributed by atoms with Gasteiger partial charge in [0.05, 0.1) is 4.92 Å². The molecule has 0 saturated carbocycles. The highest BCUT2D eigenvalue weighted by atomic mass is 16.6. The zero-order valence-corrected chi connectivity index (χ0v) is 14.0. The van der Waals surface area contributed by atoms with Gasteiger partial charge in [0.15, 0.2) is 12.1 Å². The van der Waals surface area contributed by atoms with Crippen molar-refractivity contribution in [2.24, 2.45) is 0 Å². The van der Waals surface area contributed by atoms with Gasteiger partial charge in [0, 0.05) is 26.4 Å². The number of carbonyl (C=O) groups excluding carboxylic acids is 2. The van der Waals surface area contributed by atoms with E-state index in [1.54, 1.807) is 11.9 Å². The van der Waals surface area contributed by atoms with Crippen LogP contribution in [0.5, 0.6) is 0 Å². The van der Waals surface area contributed by atoms with E-state index in [2.05, 4.69) is 9.97 Å². The first-order valence-corrected chi connectivity index (χ1v) is 7.67. The number of hydrogen-bond donors (Lipinski definition) is 0. The Morgan fingerprint density at radius 1 is 1.28 bits per heavy atom. The van der Waals surface area contributed by atoms with Gasteiger partial charge in [0.25, 0.3) is 0 Å². The molecule has 0 spiro atoms. The minimum atomic E-state index is -0.557. The molecule has 25 heavy (non-hydrogen) atoms. The first kappa shape index (κ1) is 18.2. The number of nitro groups is 1. The molecule has 1 aromatic carbocycles. The van der Waals surface area contributed by atoms with Gasteiger partial charge in [0.2, 0.25) is 5.82 Å². The molecule has 8 heteroatoms. The lowest BCUT2D eigenvalue weighted by molar-refractivity contribution is -0.385.